The second kappa shape index (κ2) is 7.38. The van der Waals surface area contributed by atoms with Crippen molar-refractivity contribution in [3.63, 3.8) is 0 Å². The maximum atomic E-state index is 14.1. The van der Waals surface area contributed by atoms with Gasteiger partial charge in [-0.2, -0.15) is 0 Å². The fourth-order valence-electron chi connectivity index (χ4n) is 2.72. The summed E-state index contributed by atoms with van der Waals surface area (Å²) in [5, 5.41) is 0.661. The highest BCUT2D eigenvalue weighted by molar-refractivity contribution is 6.31. The second-order valence-electron chi connectivity index (χ2n) is 5.82. The summed E-state index contributed by atoms with van der Waals surface area (Å²) in [5.74, 6) is -3.66. The Morgan fingerprint density at radius 1 is 1.04 bits per heavy atom. The number of benzene rings is 3. The Kier molecular flexibility index (Phi) is 5.18. The molecular formula is C20H14ClF3O2. The van der Waals surface area contributed by atoms with Crippen LogP contribution in [0.25, 0.3) is 10.8 Å². The van der Waals surface area contributed by atoms with Crippen molar-refractivity contribution < 1.29 is 22.7 Å². The molecule has 0 heterocycles. The van der Waals surface area contributed by atoms with Crippen LogP contribution in [0.5, 0.6) is 5.75 Å². The van der Waals surface area contributed by atoms with Crippen molar-refractivity contribution in [3.05, 3.63) is 76.1 Å². The van der Waals surface area contributed by atoms with Gasteiger partial charge >= 0.3 is 5.97 Å². The van der Waals surface area contributed by atoms with E-state index in [-0.39, 0.29) is 16.2 Å². The standard InChI is InChI=1S/C20H14ClF3O2/c1-2-3-11-8-16(22)18(17(23)9-11)20(25)26-13-5-6-14-12(10-13)4-7-15(21)19(14)24/h4-10H,2-3H2,1H3. The lowest BCUT2D eigenvalue weighted by molar-refractivity contribution is 0.0725. The molecule has 0 aliphatic rings. The average molecular weight is 379 g/mol. The molecule has 26 heavy (non-hydrogen) atoms. The fraction of sp³-hybridized carbons (Fsp3) is 0.150. The first-order chi connectivity index (χ1) is 12.4. The monoisotopic (exact) mass is 378 g/mol. The van der Waals surface area contributed by atoms with E-state index >= 15 is 0 Å². The number of esters is 1. The van der Waals surface area contributed by atoms with E-state index in [1.54, 1.807) is 6.07 Å². The van der Waals surface area contributed by atoms with Gasteiger partial charge in [0, 0.05) is 5.39 Å². The Balaban J connectivity index is 1.91. The van der Waals surface area contributed by atoms with Crippen LogP contribution in [0.15, 0.2) is 42.5 Å². The molecule has 0 spiro atoms. The van der Waals surface area contributed by atoms with Gasteiger partial charge < -0.3 is 4.74 Å². The van der Waals surface area contributed by atoms with Crippen LogP contribution in [0.1, 0.15) is 29.3 Å². The predicted octanol–water partition coefficient (Wildman–Crippen LogP) is 6.08. The van der Waals surface area contributed by atoms with Gasteiger partial charge in [-0.3, -0.25) is 0 Å². The molecule has 0 N–H and O–H groups in total. The van der Waals surface area contributed by atoms with Crippen molar-refractivity contribution in [2.24, 2.45) is 0 Å². The number of rotatable bonds is 4. The van der Waals surface area contributed by atoms with E-state index in [0.717, 1.165) is 18.6 Å². The maximum Gasteiger partial charge on any atom is 0.349 e. The summed E-state index contributed by atoms with van der Waals surface area (Å²) in [4.78, 5) is 12.2. The van der Waals surface area contributed by atoms with E-state index in [1.807, 2.05) is 6.92 Å². The number of halogens is 4. The van der Waals surface area contributed by atoms with Crippen LogP contribution in [-0.2, 0) is 6.42 Å². The minimum Gasteiger partial charge on any atom is -0.423 e. The number of hydrogen-bond acceptors (Lipinski definition) is 2. The molecule has 3 aromatic carbocycles. The van der Waals surface area contributed by atoms with Gasteiger partial charge in [-0.15, -0.1) is 0 Å². The third-order valence-corrected chi connectivity index (χ3v) is 4.23. The normalized spacial score (nSPS) is 11.0. The number of fused-ring (bicyclic) bond motifs is 1. The number of aryl methyl sites for hydroxylation is 1. The lowest BCUT2D eigenvalue weighted by Gasteiger charge is -2.09. The van der Waals surface area contributed by atoms with Gasteiger partial charge in [-0.05, 0) is 53.8 Å². The van der Waals surface area contributed by atoms with E-state index in [0.29, 0.717) is 17.4 Å². The molecule has 0 radical (unpaired) electrons. The highest BCUT2D eigenvalue weighted by Gasteiger charge is 2.21. The summed E-state index contributed by atoms with van der Waals surface area (Å²) in [6, 6.07) is 9.29. The molecule has 0 bridgehead atoms. The number of carbonyl (C=O) groups excluding carboxylic acids is 1. The molecule has 3 rings (SSSR count). The summed E-state index contributed by atoms with van der Waals surface area (Å²) in [6.07, 6.45) is 1.22. The molecule has 0 aliphatic carbocycles. The molecule has 0 fully saturated rings. The van der Waals surface area contributed by atoms with Gasteiger partial charge in [0.15, 0.2) is 0 Å². The van der Waals surface area contributed by atoms with Crippen LogP contribution in [0, 0.1) is 17.5 Å². The molecule has 3 aromatic rings. The Morgan fingerprint density at radius 3 is 2.38 bits per heavy atom. The minimum atomic E-state index is -1.16. The van der Waals surface area contributed by atoms with Crippen molar-refractivity contribution in [3.8, 4) is 5.75 Å². The summed E-state index contributed by atoms with van der Waals surface area (Å²) in [6.45, 7) is 1.88. The van der Waals surface area contributed by atoms with Crippen molar-refractivity contribution in [2.75, 3.05) is 0 Å². The van der Waals surface area contributed by atoms with Crippen molar-refractivity contribution in [2.45, 2.75) is 19.8 Å². The molecule has 0 aliphatic heterocycles. The van der Waals surface area contributed by atoms with Crippen molar-refractivity contribution in [1.29, 1.82) is 0 Å². The Labute approximate surface area is 153 Å². The van der Waals surface area contributed by atoms with Crippen LogP contribution in [-0.4, -0.2) is 5.97 Å². The summed E-state index contributed by atoms with van der Waals surface area (Å²) >= 11 is 5.72. The molecule has 2 nitrogen and oxygen atoms in total. The Morgan fingerprint density at radius 2 is 1.73 bits per heavy atom. The maximum absolute atomic E-state index is 14.1. The quantitative estimate of drug-likeness (QED) is 0.406. The average Bonchev–Trinajstić information content (AvgIpc) is 2.58. The van der Waals surface area contributed by atoms with Crippen LogP contribution in [0.3, 0.4) is 0 Å². The molecular weight excluding hydrogens is 365 g/mol. The lowest BCUT2D eigenvalue weighted by Crippen LogP contribution is -2.13. The zero-order valence-electron chi connectivity index (χ0n) is 13.8. The van der Waals surface area contributed by atoms with Crippen LogP contribution < -0.4 is 4.74 Å². The number of carbonyl (C=O) groups is 1. The van der Waals surface area contributed by atoms with Gasteiger partial charge in [-0.25, -0.2) is 18.0 Å². The van der Waals surface area contributed by atoms with Gasteiger partial charge in [0.25, 0.3) is 0 Å². The van der Waals surface area contributed by atoms with Crippen molar-refractivity contribution >= 4 is 28.3 Å². The van der Waals surface area contributed by atoms with E-state index in [4.69, 9.17) is 16.3 Å². The molecule has 0 saturated heterocycles. The highest BCUT2D eigenvalue weighted by Crippen LogP contribution is 2.28. The largest absolute Gasteiger partial charge is 0.423 e. The van der Waals surface area contributed by atoms with E-state index in [1.165, 1.54) is 24.3 Å². The molecule has 6 heteroatoms. The van der Waals surface area contributed by atoms with E-state index < -0.39 is 29.0 Å². The van der Waals surface area contributed by atoms with Gasteiger partial charge in [0.1, 0.15) is 28.8 Å². The summed E-state index contributed by atoms with van der Waals surface area (Å²) in [7, 11) is 0. The number of ether oxygens (including phenoxy) is 1. The predicted molar refractivity (Wildman–Crippen MR) is 94.2 cm³/mol. The highest BCUT2D eigenvalue weighted by atomic mass is 35.5. The zero-order valence-corrected chi connectivity index (χ0v) is 14.5. The Bertz CT molecular complexity index is 979. The topological polar surface area (TPSA) is 26.3 Å². The van der Waals surface area contributed by atoms with Crippen molar-refractivity contribution in [1.82, 2.24) is 0 Å². The van der Waals surface area contributed by atoms with Gasteiger partial charge in [0.2, 0.25) is 0 Å². The molecule has 0 aromatic heterocycles. The van der Waals surface area contributed by atoms with Gasteiger partial charge in [0.05, 0.1) is 5.02 Å². The lowest BCUT2D eigenvalue weighted by atomic mass is 10.1. The first-order valence-electron chi connectivity index (χ1n) is 7.98. The van der Waals surface area contributed by atoms with Crippen LogP contribution in [0.2, 0.25) is 5.02 Å². The third kappa shape index (κ3) is 3.53. The van der Waals surface area contributed by atoms with E-state index in [2.05, 4.69) is 0 Å². The molecule has 0 amide bonds. The smallest absolute Gasteiger partial charge is 0.349 e. The van der Waals surface area contributed by atoms with Crippen LogP contribution in [0.4, 0.5) is 13.2 Å². The first-order valence-corrected chi connectivity index (χ1v) is 8.36. The molecule has 0 atom stereocenters. The van der Waals surface area contributed by atoms with Gasteiger partial charge in [-0.1, -0.05) is 31.0 Å². The van der Waals surface area contributed by atoms with Crippen LogP contribution >= 0.6 is 11.6 Å². The SMILES string of the molecule is CCCc1cc(F)c(C(=O)Oc2ccc3c(F)c(Cl)ccc3c2)c(F)c1. The second-order valence-corrected chi connectivity index (χ2v) is 6.23. The molecule has 0 saturated carbocycles. The first kappa shape index (κ1) is 18.3. The molecule has 134 valence electrons. The minimum absolute atomic E-state index is 0.0291. The summed E-state index contributed by atoms with van der Waals surface area (Å²) in [5.41, 5.74) is -0.288. The molecule has 0 unspecified atom stereocenters. The Hall–Kier alpha value is -2.53. The summed E-state index contributed by atoms with van der Waals surface area (Å²) < 4.78 is 47.3. The zero-order chi connectivity index (χ0) is 18.8. The fourth-order valence-corrected chi connectivity index (χ4v) is 2.88. The number of hydrogen-bond donors (Lipinski definition) is 0. The third-order valence-electron chi connectivity index (χ3n) is 3.93. The van der Waals surface area contributed by atoms with E-state index in [9.17, 15) is 18.0 Å².